The van der Waals surface area contributed by atoms with Crippen molar-refractivity contribution in [3.63, 3.8) is 0 Å². The lowest BCUT2D eigenvalue weighted by atomic mass is 10.0. The number of anilines is 1. The summed E-state index contributed by atoms with van der Waals surface area (Å²) in [5.74, 6) is -0.302. The van der Waals surface area contributed by atoms with Crippen LogP contribution in [-0.4, -0.2) is 30.1 Å². The van der Waals surface area contributed by atoms with Crippen LogP contribution in [0.4, 0.5) is 14.5 Å². The van der Waals surface area contributed by atoms with Crippen molar-refractivity contribution >= 4 is 27.6 Å². The van der Waals surface area contributed by atoms with Gasteiger partial charge in [0.25, 0.3) is 0 Å². The molecule has 0 aliphatic rings. The van der Waals surface area contributed by atoms with Crippen LogP contribution in [0.1, 0.15) is 0 Å². The van der Waals surface area contributed by atoms with E-state index >= 15 is 0 Å². The summed E-state index contributed by atoms with van der Waals surface area (Å²) < 4.78 is 28.6. The molecule has 6 aromatic rings. The second-order valence-electron chi connectivity index (χ2n) is 7.61. The quantitative estimate of drug-likeness (QED) is 0.356. The highest BCUT2D eigenvalue weighted by Crippen LogP contribution is 2.34. The Kier molecular flexibility index (Phi) is 4.16. The van der Waals surface area contributed by atoms with Crippen LogP contribution in [0.3, 0.4) is 0 Å². The van der Waals surface area contributed by atoms with Crippen LogP contribution in [0.2, 0.25) is 0 Å². The maximum absolute atomic E-state index is 14.8. The average Bonchev–Trinajstić information content (AvgIpc) is 3.41. The van der Waals surface area contributed by atoms with Gasteiger partial charge >= 0.3 is 0 Å². The van der Waals surface area contributed by atoms with Gasteiger partial charge in [-0.2, -0.15) is 5.10 Å². The van der Waals surface area contributed by atoms with Crippen molar-refractivity contribution in [3.05, 3.63) is 78.8 Å². The van der Waals surface area contributed by atoms with Crippen LogP contribution >= 0.6 is 0 Å². The smallest absolute Gasteiger partial charge is 0.159 e. The minimum absolute atomic E-state index is 0.350. The van der Waals surface area contributed by atoms with E-state index in [0.29, 0.717) is 56.0 Å². The molecule has 9 heteroatoms. The zero-order valence-electron chi connectivity index (χ0n) is 17.0. The highest BCUT2D eigenvalue weighted by molar-refractivity contribution is 5.97. The number of rotatable bonds is 3. The zero-order valence-corrected chi connectivity index (χ0v) is 17.0. The summed E-state index contributed by atoms with van der Waals surface area (Å²) in [5.41, 5.74) is 10.7. The average molecular weight is 439 g/mol. The fourth-order valence-corrected chi connectivity index (χ4v) is 3.94. The monoisotopic (exact) mass is 439 g/mol. The highest BCUT2D eigenvalue weighted by Gasteiger charge is 2.18. The third-order valence-electron chi connectivity index (χ3n) is 5.44. The van der Waals surface area contributed by atoms with Gasteiger partial charge in [0.2, 0.25) is 0 Å². The van der Waals surface area contributed by atoms with Crippen molar-refractivity contribution < 1.29 is 8.78 Å². The van der Waals surface area contributed by atoms with Crippen LogP contribution < -0.4 is 5.73 Å². The van der Waals surface area contributed by atoms with Gasteiger partial charge in [0.1, 0.15) is 22.8 Å². The molecule has 4 aromatic heterocycles. The van der Waals surface area contributed by atoms with Gasteiger partial charge in [-0.05, 0) is 30.3 Å². The molecule has 7 nitrogen and oxygen atoms in total. The molecule has 0 aliphatic heterocycles. The number of aromatic amines is 2. The fraction of sp³-hybridized carbons (Fsp3) is 0. The van der Waals surface area contributed by atoms with Crippen molar-refractivity contribution in [1.82, 2.24) is 30.1 Å². The molecule has 0 saturated heterocycles. The molecule has 0 unspecified atom stereocenters. The molecule has 33 heavy (non-hydrogen) atoms. The number of H-pyrrole nitrogens is 2. The molecular formula is C24H15F2N7. The van der Waals surface area contributed by atoms with Crippen LogP contribution in [0, 0.1) is 11.6 Å². The third-order valence-corrected chi connectivity index (χ3v) is 5.44. The van der Waals surface area contributed by atoms with Gasteiger partial charge in [-0.25, -0.2) is 13.8 Å². The number of aromatic nitrogens is 6. The fourth-order valence-electron chi connectivity index (χ4n) is 3.94. The minimum Gasteiger partial charge on any atom is -0.397 e. The maximum Gasteiger partial charge on any atom is 0.159 e. The SMILES string of the molecule is Nc1cncc(-c2cc3c(-c4nc5c(-c6cccc(F)c6)nccc5[nH]4)n[nH]c3cc2F)c1. The molecule has 0 atom stereocenters. The van der Waals surface area contributed by atoms with Crippen molar-refractivity contribution in [2.45, 2.75) is 0 Å². The van der Waals surface area contributed by atoms with Crippen LogP contribution in [0.5, 0.6) is 0 Å². The summed E-state index contributed by atoms with van der Waals surface area (Å²) in [4.78, 5) is 16.4. The maximum atomic E-state index is 14.8. The standard InChI is InChI=1S/C24H15F2N7/c25-14-3-1-2-12(6-14)21-23-19(4-5-29-21)30-24(31-23)22-17-8-16(13-7-15(27)11-28-10-13)18(26)9-20(17)32-33-22/h1-11H,27H2,(H,30,31)(H,32,33). The molecule has 6 rings (SSSR count). The Balaban J connectivity index is 1.53. The van der Waals surface area contributed by atoms with Crippen LogP contribution in [0.15, 0.2) is 67.1 Å². The van der Waals surface area contributed by atoms with Gasteiger partial charge in [0.15, 0.2) is 5.82 Å². The summed E-state index contributed by atoms with van der Waals surface area (Å²) in [5, 5.41) is 7.90. The van der Waals surface area contributed by atoms with E-state index < -0.39 is 5.82 Å². The number of nitrogens with zero attached hydrogens (tertiary/aromatic N) is 4. The zero-order chi connectivity index (χ0) is 22.5. The molecule has 0 bridgehead atoms. The molecule has 0 saturated carbocycles. The molecule has 0 spiro atoms. The predicted octanol–water partition coefficient (Wildman–Crippen LogP) is 5.09. The molecule has 0 radical (unpaired) electrons. The van der Waals surface area contributed by atoms with E-state index in [2.05, 4.69) is 25.1 Å². The number of imidazole rings is 1. The van der Waals surface area contributed by atoms with Gasteiger partial charge < -0.3 is 10.7 Å². The second-order valence-corrected chi connectivity index (χ2v) is 7.61. The number of halogens is 2. The first kappa shape index (κ1) is 19.1. The largest absolute Gasteiger partial charge is 0.397 e. The Hall–Kier alpha value is -4.66. The van der Waals surface area contributed by atoms with E-state index in [1.807, 2.05) is 0 Å². The lowest BCUT2D eigenvalue weighted by molar-refractivity contribution is 0.628. The molecule has 160 valence electrons. The predicted molar refractivity (Wildman–Crippen MR) is 122 cm³/mol. The second kappa shape index (κ2) is 7.20. The summed E-state index contributed by atoms with van der Waals surface area (Å²) >= 11 is 0. The molecule has 2 aromatic carbocycles. The summed E-state index contributed by atoms with van der Waals surface area (Å²) in [6.45, 7) is 0. The van der Waals surface area contributed by atoms with E-state index in [4.69, 9.17) is 10.7 Å². The Morgan fingerprint density at radius 2 is 1.79 bits per heavy atom. The molecule has 0 aliphatic carbocycles. The number of fused-ring (bicyclic) bond motifs is 2. The van der Waals surface area contributed by atoms with E-state index in [1.165, 1.54) is 24.4 Å². The Labute approximate surface area is 185 Å². The topological polar surface area (TPSA) is 109 Å². The lowest BCUT2D eigenvalue weighted by Crippen LogP contribution is -1.90. The van der Waals surface area contributed by atoms with Gasteiger partial charge in [0, 0.05) is 46.7 Å². The third kappa shape index (κ3) is 3.18. The number of nitrogens with two attached hydrogens (primary N) is 1. The Bertz CT molecular complexity index is 1670. The van der Waals surface area contributed by atoms with Crippen molar-refractivity contribution in [3.8, 4) is 33.9 Å². The van der Waals surface area contributed by atoms with E-state index in [0.717, 1.165) is 5.52 Å². The summed E-state index contributed by atoms with van der Waals surface area (Å²) in [6.07, 6.45) is 4.69. The van der Waals surface area contributed by atoms with E-state index in [1.54, 1.807) is 42.7 Å². The summed E-state index contributed by atoms with van der Waals surface area (Å²) in [6, 6.07) is 12.7. The molecular weight excluding hydrogens is 424 g/mol. The molecule has 0 fully saturated rings. The first-order chi connectivity index (χ1) is 16.1. The van der Waals surface area contributed by atoms with Crippen molar-refractivity contribution in [1.29, 1.82) is 0 Å². The number of hydrogen-bond donors (Lipinski definition) is 3. The van der Waals surface area contributed by atoms with Crippen molar-refractivity contribution in [2.24, 2.45) is 0 Å². The lowest BCUT2D eigenvalue weighted by Gasteiger charge is -2.05. The first-order valence-electron chi connectivity index (χ1n) is 10.1. The van der Waals surface area contributed by atoms with Gasteiger partial charge in [-0.15, -0.1) is 0 Å². The van der Waals surface area contributed by atoms with Gasteiger partial charge in [0.05, 0.1) is 22.4 Å². The number of hydrogen-bond acceptors (Lipinski definition) is 5. The van der Waals surface area contributed by atoms with Crippen LogP contribution in [0.25, 0.3) is 55.8 Å². The number of pyridine rings is 2. The van der Waals surface area contributed by atoms with E-state index in [9.17, 15) is 8.78 Å². The van der Waals surface area contributed by atoms with Gasteiger partial charge in [-0.3, -0.25) is 15.1 Å². The van der Waals surface area contributed by atoms with Gasteiger partial charge in [-0.1, -0.05) is 12.1 Å². The first-order valence-corrected chi connectivity index (χ1v) is 10.1. The Morgan fingerprint density at radius 3 is 2.64 bits per heavy atom. The minimum atomic E-state index is -0.424. The molecule has 0 amide bonds. The number of nitrogens with one attached hydrogen (secondary N) is 2. The summed E-state index contributed by atoms with van der Waals surface area (Å²) in [7, 11) is 0. The molecule has 4 N–H and O–H groups in total. The number of benzene rings is 2. The van der Waals surface area contributed by atoms with Crippen LogP contribution in [-0.2, 0) is 0 Å². The number of nitrogen functional groups attached to an aromatic ring is 1. The van der Waals surface area contributed by atoms with E-state index in [-0.39, 0.29) is 5.82 Å². The molecule has 4 heterocycles. The van der Waals surface area contributed by atoms with Crippen molar-refractivity contribution in [2.75, 3.05) is 5.73 Å². The normalized spacial score (nSPS) is 11.5. The highest BCUT2D eigenvalue weighted by atomic mass is 19.1. The Morgan fingerprint density at radius 1 is 0.879 bits per heavy atom.